The van der Waals surface area contributed by atoms with E-state index in [2.05, 4.69) is 0 Å². The topological polar surface area (TPSA) is 37.4 Å². The summed E-state index contributed by atoms with van der Waals surface area (Å²) in [6.07, 6.45) is 0. The molecule has 15 heavy (non-hydrogen) atoms. The molecule has 1 aliphatic rings. The van der Waals surface area contributed by atoms with Gasteiger partial charge in [-0.05, 0) is 19.4 Å². The number of hydrogen-bond acceptors (Lipinski definition) is 2. The summed E-state index contributed by atoms with van der Waals surface area (Å²) in [6.45, 7) is 3.82. The second-order valence-corrected chi connectivity index (χ2v) is 6.05. The minimum atomic E-state index is -2.99. The largest absolute Gasteiger partial charge is 0.216 e. The fourth-order valence-electron chi connectivity index (χ4n) is 2.07. The molecular weight excluding hydrogens is 210 g/mol. The fourth-order valence-corrected chi connectivity index (χ4v) is 3.96. The molecule has 1 saturated heterocycles. The average molecular weight is 225 g/mol. The lowest BCUT2D eigenvalue weighted by molar-refractivity contribution is 0.249. The monoisotopic (exact) mass is 225 g/mol. The van der Waals surface area contributed by atoms with Gasteiger partial charge in [0.2, 0.25) is 10.0 Å². The molecule has 2 rings (SSSR count). The standard InChI is InChI=1S/C11H15NO2S/c1-9(2)12-11(8-15(12,13)14)10-6-4-3-5-7-10/h3-7,9,11H,8H2,1-2H3. The van der Waals surface area contributed by atoms with Gasteiger partial charge in [0, 0.05) is 6.04 Å². The van der Waals surface area contributed by atoms with E-state index in [1.807, 2.05) is 44.2 Å². The number of sulfonamides is 1. The molecule has 0 aromatic heterocycles. The van der Waals surface area contributed by atoms with Crippen molar-refractivity contribution in [3.8, 4) is 0 Å². The Morgan fingerprint density at radius 1 is 1.27 bits per heavy atom. The van der Waals surface area contributed by atoms with Crippen LogP contribution in [0.2, 0.25) is 0 Å². The Kier molecular flexibility index (Phi) is 2.56. The normalized spacial score (nSPS) is 25.1. The fraction of sp³-hybridized carbons (Fsp3) is 0.455. The SMILES string of the molecule is CC(C)N1C(c2ccccc2)CS1(=O)=O. The Balaban J connectivity index is 2.28. The Bertz CT molecular complexity index is 439. The van der Waals surface area contributed by atoms with Crippen molar-refractivity contribution in [1.82, 2.24) is 4.31 Å². The van der Waals surface area contributed by atoms with Crippen molar-refractivity contribution in [2.24, 2.45) is 0 Å². The minimum absolute atomic E-state index is 0.0361. The third kappa shape index (κ3) is 1.79. The highest BCUT2D eigenvalue weighted by Crippen LogP contribution is 2.36. The molecule has 0 radical (unpaired) electrons. The predicted octanol–water partition coefficient (Wildman–Crippen LogP) is 1.78. The van der Waals surface area contributed by atoms with Crippen LogP contribution in [0.15, 0.2) is 30.3 Å². The molecule has 0 aliphatic carbocycles. The molecule has 82 valence electrons. The lowest BCUT2D eigenvalue weighted by Gasteiger charge is -2.42. The van der Waals surface area contributed by atoms with E-state index in [4.69, 9.17) is 0 Å². The summed E-state index contributed by atoms with van der Waals surface area (Å²) in [6, 6.07) is 9.86. The van der Waals surface area contributed by atoms with Crippen molar-refractivity contribution in [1.29, 1.82) is 0 Å². The van der Waals surface area contributed by atoms with Crippen molar-refractivity contribution in [2.75, 3.05) is 5.75 Å². The number of hydrogen-bond donors (Lipinski definition) is 0. The van der Waals surface area contributed by atoms with Gasteiger partial charge in [-0.25, -0.2) is 8.42 Å². The maximum atomic E-state index is 11.6. The molecule has 4 heteroatoms. The zero-order valence-electron chi connectivity index (χ0n) is 8.92. The van der Waals surface area contributed by atoms with E-state index in [1.165, 1.54) is 0 Å². The van der Waals surface area contributed by atoms with E-state index in [0.717, 1.165) is 5.56 Å². The molecule has 1 heterocycles. The van der Waals surface area contributed by atoms with Crippen LogP contribution in [0.3, 0.4) is 0 Å². The van der Waals surface area contributed by atoms with E-state index in [9.17, 15) is 8.42 Å². The first-order chi connectivity index (χ1) is 7.02. The summed E-state index contributed by atoms with van der Waals surface area (Å²) in [5, 5.41) is 0. The Morgan fingerprint density at radius 2 is 1.87 bits per heavy atom. The molecule has 0 saturated carbocycles. The highest BCUT2D eigenvalue weighted by Gasteiger charge is 2.45. The van der Waals surface area contributed by atoms with Crippen molar-refractivity contribution < 1.29 is 8.42 Å². The quantitative estimate of drug-likeness (QED) is 0.769. The van der Waals surface area contributed by atoms with Gasteiger partial charge in [-0.15, -0.1) is 0 Å². The zero-order chi connectivity index (χ0) is 11.1. The van der Waals surface area contributed by atoms with Gasteiger partial charge in [0.1, 0.15) is 0 Å². The average Bonchev–Trinajstić information content (AvgIpc) is 2.15. The van der Waals surface area contributed by atoms with Gasteiger partial charge in [0.15, 0.2) is 0 Å². The maximum absolute atomic E-state index is 11.6. The first-order valence-corrected chi connectivity index (χ1v) is 6.69. The van der Waals surface area contributed by atoms with E-state index in [0.29, 0.717) is 0 Å². The number of benzene rings is 1. The molecule has 0 bridgehead atoms. The van der Waals surface area contributed by atoms with Gasteiger partial charge in [0.25, 0.3) is 0 Å². The lowest BCUT2D eigenvalue weighted by Crippen LogP contribution is -2.53. The molecule has 0 amide bonds. The highest BCUT2D eigenvalue weighted by atomic mass is 32.2. The minimum Gasteiger partial charge on any atom is -0.212 e. The summed E-state index contributed by atoms with van der Waals surface area (Å²) >= 11 is 0. The third-order valence-corrected chi connectivity index (χ3v) is 4.75. The predicted molar refractivity (Wildman–Crippen MR) is 59.9 cm³/mol. The van der Waals surface area contributed by atoms with Crippen LogP contribution in [0.4, 0.5) is 0 Å². The van der Waals surface area contributed by atoms with E-state index in [1.54, 1.807) is 4.31 Å². The first-order valence-electron chi connectivity index (χ1n) is 5.08. The molecular formula is C11H15NO2S. The van der Waals surface area contributed by atoms with Crippen LogP contribution in [0.1, 0.15) is 25.5 Å². The summed E-state index contributed by atoms with van der Waals surface area (Å²) in [7, 11) is -2.99. The third-order valence-electron chi connectivity index (χ3n) is 2.69. The Labute approximate surface area is 90.8 Å². The molecule has 0 N–H and O–H groups in total. The lowest BCUT2D eigenvalue weighted by atomic mass is 10.1. The second kappa shape index (κ2) is 3.61. The van der Waals surface area contributed by atoms with Gasteiger partial charge < -0.3 is 0 Å². The van der Waals surface area contributed by atoms with Gasteiger partial charge in [-0.3, -0.25) is 0 Å². The molecule has 1 aliphatic heterocycles. The van der Waals surface area contributed by atoms with Crippen molar-refractivity contribution in [2.45, 2.75) is 25.9 Å². The number of nitrogens with zero attached hydrogens (tertiary/aromatic N) is 1. The smallest absolute Gasteiger partial charge is 0.212 e. The van der Waals surface area contributed by atoms with Crippen LogP contribution in [-0.4, -0.2) is 24.5 Å². The van der Waals surface area contributed by atoms with Crippen molar-refractivity contribution >= 4 is 10.0 Å². The van der Waals surface area contributed by atoms with Gasteiger partial charge in [0.05, 0.1) is 11.8 Å². The molecule has 1 unspecified atom stereocenters. The second-order valence-electron chi connectivity index (χ2n) is 4.13. The first kappa shape index (κ1) is 10.6. The summed E-state index contributed by atoms with van der Waals surface area (Å²) in [5.74, 6) is 0.245. The highest BCUT2D eigenvalue weighted by molar-refractivity contribution is 7.90. The van der Waals surface area contributed by atoms with Crippen LogP contribution < -0.4 is 0 Å². The van der Waals surface area contributed by atoms with Gasteiger partial charge in [-0.1, -0.05) is 30.3 Å². The molecule has 0 spiro atoms. The Hall–Kier alpha value is -0.870. The summed E-state index contributed by atoms with van der Waals surface area (Å²) in [4.78, 5) is 0. The van der Waals surface area contributed by atoms with Crippen LogP contribution in [0.25, 0.3) is 0 Å². The van der Waals surface area contributed by atoms with E-state index in [-0.39, 0.29) is 17.8 Å². The van der Waals surface area contributed by atoms with Crippen molar-refractivity contribution in [3.63, 3.8) is 0 Å². The summed E-state index contributed by atoms with van der Waals surface area (Å²) < 4.78 is 24.7. The maximum Gasteiger partial charge on any atom is 0.216 e. The van der Waals surface area contributed by atoms with E-state index >= 15 is 0 Å². The van der Waals surface area contributed by atoms with Crippen LogP contribution >= 0.6 is 0 Å². The van der Waals surface area contributed by atoms with Crippen LogP contribution in [0, 0.1) is 0 Å². The van der Waals surface area contributed by atoms with Crippen LogP contribution in [0.5, 0.6) is 0 Å². The van der Waals surface area contributed by atoms with Crippen LogP contribution in [-0.2, 0) is 10.0 Å². The molecule has 1 atom stereocenters. The molecule has 3 nitrogen and oxygen atoms in total. The number of rotatable bonds is 2. The molecule has 1 aromatic rings. The van der Waals surface area contributed by atoms with Crippen molar-refractivity contribution in [3.05, 3.63) is 35.9 Å². The van der Waals surface area contributed by atoms with Gasteiger partial charge in [-0.2, -0.15) is 4.31 Å². The Morgan fingerprint density at radius 3 is 2.33 bits per heavy atom. The zero-order valence-corrected chi connectivity index (χ0v) is 9.74. The molecule has 1 fully saturated rings. The molecule has 1 aromatic carbocycles. The summed E-state index contributed by atoms with van der Waals surface area (Å²) in [5.41, 5.74) is 1.08. The van der Waals surface area contributed by atoms with Gasteiger partial charge >= 0.3 is 0 Å². The van der Waals surface area contributed by atoms with E-state index < -0.39 is 10.0 Å².